The monoisotopic (exact) mass is 386 g/mol. The molecule has 0 aliphatic carbocycles. The molecule has 2 heterocycles. The van der Waals surface area contributed by atoms with E-state index in [2.05, 4.69) is 31.3 Å². The summed E-state index contributed by atoms with van der Waals surface area (Å²) >= 11 is 0. The molecule has 1 fully saturated rings. The number of hydrogen-bond acceptors (Lipinski definition) is 5. The number of hydrogen-bond donors (Lipinski definition) is 1. The molecule has 0 radical (unpaired) electrons. The van der Waals surface area contributed by atoms with Crippen molar-refractivity contribution in [2.45, 2.75) is 13.1 Å². The molecule has 8 heteroatoms. The van der Waals surface area contributed by atoms with Crippen LogP contribution in [0.2, 0.25) is 0 Å². The normalized spacial score (nSPS) is 15.5. The summed E-state index contributed by atoms with van der Waals surface area (Å²) < 4.78 is 12.8. The lowest BCUT2D eigenvalue weighted by Crippen LogP contribution is -2.52. The SMILES string of the molecule is CN=C(NCCn1cccn1)N1CCN(Cc2cc(OC)ccc2OC)CC1. The average molecular weight is 387 g/mol. The second-order valence-corrected chi connectivity index (χ2v) is 6.68. The second kappa shape index (κ2) is 9.98. The van der Waals surface area contributed by atoms with Crippen molar-refractivity contribution in [2.75, 3.05) is 54.0 Å². The van der Waals surface area contributed by atoms with Crippen molar-refractivity contribution in [1.82, 2.24) is 24.9 Å². The highest BCUT2D eigenvalue weighted by Gasteiger charge is 2.20. The van der Waals surface area contributed by atoms with Crippen LogP contribution in [0.4, 0.5) is 0 Å². The Morgan fingerprint density at radius 3 is 2.64 bits per heavy atom. The predicted octanol–water partition coefficient (Wildman–Crippen LogP) is 1.29. The van der Waals surface area contributed by atoms with Crippen molar-refractivity contribution in [3.8, 4) is 11.5 Å². The number of aliphatic imine (C=N–C) groups is 1. The minimum absolute atomic E-state index is 0.801. The molecule has 152 valence electrons. The van der Waals surface area contributed by atoms with Gasteiger partial charge in [-0.3, -0.25) is 14.6 Å². The van der Waals surface area contributed by atoms with Gasteiger partial charge in [-0.25, -0.2) is 0 Å². The number of aromatic nitrogens is 2. The molecule has 1 N–H and O–H groups in total. The van der Waals surface area contributed by atoms with E-state index in [4.69, 9.17) is 9.47 Å². The van der Waals surface area contributed by atoms with Gasteiger partial charge < -0.3 is 19.7 Å². The Bertz CT molecular complexity index is 754. The Morgan fingerprint density at radius 2 is 2.00 bits per heavy atom. The predicted molar refractivity (Wildman–Crippen MR) is 110 cm³/mol. The Balaban J connectivity index is 1.49. The summed E-state index contributed by atoms with van der Waals surface area (Å²) in [5.74, 6) is 2.71. The zero-order valence-electron chi connectivity index (χ0n) is 17.0. The summed E-state index contributed by atoms with van der Waals surface area (Å²) in [6.07, 6.45) is 3.77. The molecule has 8 nitrogen and oxygen atoms in total. The van der Waals surface area contributed by atoms with E-state index in [-0.39, 0.29) is 0 Å². The van der Waals surface area contributed by atoms with Gasteiger partial charge in [0.25, 0.3) is 0 Å². The van der Waals surface area contributed by atoms with Crippen LogP contribution in [0.15, 0.2) is 41.7 Å². The highest BCUT2D eigenvalue weighted by Crippen LogP contribution is 2.25. The van der Waals surface area contributed by atoms with Crippen LogP contribution < -0.4 is 14.8 Å². The Hall–Kier alpha value is -2.74. The third kappa shape index (κ3) is 5.16. The molecule has 0 spiro atoms. The van der Waals surface area contributed by atoms with E-state index in [1.165, 1.54) is 0 Å². The molecule has 1 saturated heterocycles. The maximum Gasteiger partial charge on any atom is 0.193 e. The first-order chi connectivity index (χ1) is 13.7. The highest BCUT2D eigenvalue weighted by atomic mass is 16.5. The van der Waals surface area contributed by atoms with Crippen LogP contribution in [0.25, 0.3) is 0 Å². The minimum Gasteiger partial charge on any atom is -0.497 e. The topological polar surface area (TPSA) is 67.2 Å². The van der Waals surface area contributed by atoms with Gasteiger partial charge in [0.15, 0.2) is 5.96 Å². The number of nitrogens with one attached hydrogen (secondary N) is 1. The Labute approximate surface area is 166 Å². The van der Waals surface area contributed by atoms with E-state index < -0.39 is 0 Å². The van der Waals surface area contributed by atoms with Crippen molar-refractivity contribution in [1.29, 1.82) is 0 Å². The molecule has 3 rings (SSSR count). The number of rotatable bonds is 7. The molecule has 28 heavy (non-hydrogen) atoms. The third-order valence-corrected chi connectivity index (χ3v) is 4.95. The number of methoxy groups -OCH3 is 2. The van der Waals surface area contributed by atoms with E-state index >= 15 is 0 Å². The van der Waals surface area contributed by atoms with Crippen LogP contribution in [0, 0.1) is 0 Å². The first-order valence-corrected chi connectivity index (χ1v) is 9.59. The number of piperazine rings is 1. The summed E-state index contributed by atoms with van der Waals surface area (Å²) in [7, 11) is 5.24. The van der Waals surface area contributed by atoms with Crippen molar-refractivity contribution in [3.63, 3.8) is 0 Å². The van der Waals surface area contributed by atoms with Gasteiger partial charge in [-0.1, -0.05) is 0 Å². The summed E-state index contributed by atoms with van der Waals surface area (Å²) in [5, 5.41) is 7.66. The van der Waals surface area contributed by atoms with Crippen LogP contribution in [0.3, 0.4) is 0 Å². The maximum absolute atomic E-state index is 5.51. The van der Waals surface area contributed by atoms with Crippen LogP contribution in [-0.4, -0.2) is 79.5 Å². The van der Waals surface area contributed by atoms with Gasteiger partial charge in [0.1, 0.15) is 11.5 Å². The van der Waals surface area contributed by atoms with E-state index in [1.54, 1.807) is 20.4 Å². The summed E-state index contributed by atoms with van der Waals surface area (Å²) in [6, 6.07) is 7.89. The van der Waals surface area contributed by atoms with Gasteiger partial charge in [0.05, 0.1) is 20.8 Å². The molecule has 0 atom stereocenters. The Kier molecular flexibility index (Phi) is 7.13. The van der Waals surface area contributed by atoms with Gasteiger partial charge in [-0.15, -0.1) is 0 Å². The molecule has 1 aliphatic heterocycles. The molecule has 0 amide bonds. The summed E-state index contributed by atoms with van der Waals surface area (Å²) in [4.78, 5) is 9.18. The van der Waals surface area contributed by atoms with Crippen molar-refractivity contribution in [2.24, 2.45) is 4.99 Å². The van der Waals surface area contributed by atoms with Gasteiger partial charge >= 0.3 is 0 Å². The van der Waals surface area contributed by atoms with Gasteiger partial charge in [0, 0.05) is 64.3 Å². The van der Waals surface area contributed by atoms with Crippen LogP contribution in [0.5, 0.6) is 11.5 Å². The largest absolute Gasteiger partial charge is 0.497 e. The lowest BCUT2D eigenvalue weighted by atomic mass is 10.1. The molecular formula is C20H30N6O2. The van der Waals surface area contributed by atoms with E-state index in [9.17, 15) is 0 Å². The first kappa shape index (κ1) is 20.0. The first-order valence-electron chi connectivity index (χ1n) is 9.59. The zero-order chi connectivity index (χ0) is 19.8. The van der Waals surface area contributed by atoms with Gasteiger partial charge in [-0.05, 0) is 24.3 Å². The lowest BCUT2D eigenvalue weighted by Gasteiger charge is -2.36. The molecule has 2 aromatic rings. The number of guanidine groups is 1. The maximum atomic E-state index is 5.51. The quantitative estimate of drug-likeness (QED) is 0.571. The number of ether oxygens (including phenoxy) is 2. The second-order valence-electron chi connectivity index (χ2n) is 6.68. The zero-order valence-corrected chi connectivity index (χ0v) is 17.0. The average Bonchev–Trinajstić information content (AvgIpc) is 3.25. The molecule has 0 unspecified atom stereocenters. The summed E-state index contributed by atoms with van der Waals surface area (Å²) in [5.41, 5.74) is 1.15. The fraction of sp³-hybridized carbons (Fsp3) is 0.500. The smallest absolute Gasteiger partial charge is 0.193 e. The summed E-state index contributed by atoms with van der Waals surface area (Å²) in [6.45, 7) is 6.29. The van der Waals surface area contributed by atoms with Crippen molar-refractivity contribution < 1.29 is 9.47 Å². The van der Waals surface area contributed by atoms with Gasteiger partial charge in [0.2, 0.25) is 0 Å². The standard InChI is InChI=1S/C20H30N6O2/c1-21-20(22-8-10-26-9-4-7-23-26)25-13-11-24(12-14-25)16-17-15-18(27-2)5-6-19(17)28-3/h4-7,9,15H,8,10-14,16H2,1-3H3,(H,21,22). The van der Waals surface area contributed by atoms with E-state index in [1.807, 2.05) is 36.1 Å². The van der Waals surface area contributed by atoms with E-state index in [0.29, 0.717) is 0 Å². The van der Waals surface area contributed by atoms with Crippen LogP contribution >= 0.6 is 0 Å². The van der Waals surface area contributed by atoms with Crippen molar-refractivity contribution in [3.05, 3.63) is 42.2 Å². The molecule has 1 aliphatic rings. The fourth-order valence-electron chi connectivity index (χ4n) is 3.41. The molecule has 1 aromatic heterocycles. The number of benzene rings is 1. The van der Waals surface area contributed by atoms with Crippen molar-refractivity contribution >= 4 is 5.96 Å². The van der Waals surface area contributed by atoms with Crippen LogP contribution in [-0.2, 0) is 13.1 Å². The minimum atomic E-state index is 0.801. The van der Waals surface area contributed by atoms with Crippen LogP contribution in [0.1, 0.15) is 5.56 Å². The third-order valence-electron chi connectivity index (χ3n) is 4.95. The highest BCUT2D eigenvalue weighted by molar-refractivity contribution is 5.79. The van der Waals surface area contributed by atoms with Gasteiger partial charge in [-0.2, -0.15) is 5.10 Å². The fourth-order valence-corrected chi connectivity index (χ4v) is 3.41. The number of nitrogens with zero attached hydrogens (tertiary/aromatic N) is 5. The molecular weight excluding hydrogens is 356 g/mol. The molecule has 0 bridgehead atoms. The Morgan fingerprint density at radius 1 is 1.18 bits per heavy atom. The molecule has 0 saturated carbocycles. The molecule has 1 aromatic carbocycles. The lowest BCUT2D eigenvalue weighted by molar-refractivity contribution is 0.171. The van der Waals surface area contributed by atoms with E-state index in [0.717, 1.165) is 68.8 Å².